The monoisotopic (exact) mass is 566 g/mol. The number of nitrogens with one attached hydrogen (secondary N) is 1. The SMILES string of the molecule is C[C@H](CCC(=O)NCCCC(N)CC(C)(C)S(=O)(=O)O)[C@H]1CCC2C3CCC4CCCC[C@]4(C)C3CC[C@@]21C. The highest BCUT2D eigenvalue weighted by atomic mass is 32.2. The Kier molecular flexibility index (Phi) is 9.55. The van der Waals surface area contributed by atoms with Gasteiger partial charge in [0.05, 0.1) is 4.75 Å². The van der Waals surface area contributed by atoms with Crippen LogP contribution in [0.1, 0.15) is 131 Å². The molecule has 6 nitrogen and oxygen atoms in total. The molecule has 4 saturated carbocycles. The lowest BCUT2D eigenvalue weighted by molar-refractivity contribution is -0.122. The molecule has 7 heteroatoms. The van der Waals surface area contributed by atoms with Crippen molar-refractivity contribution in [2.45, 2.75) is 142 Å². The van der Waals surface area contributed by atoms with Gasteiger partial charge in [-0.05, 0) is 137 Å². The van der Waals surface area contributed by atoms with Gasteiger partial charge in [0.25, 0.3) is 10.1 Å². The van der Waals surface area contributed by atoms with Crippen molar-refractivity contribution in [3.8, 4) is 0 Å². The van der Waals surface area contributed by atoms with Crippen molar-refractivity contribution in [1.29, 1.82) is 0 Å². The fraction of sp³-hybridized carbons (Fsp3) is 0.969. The Bertz CT molecular complexity index is 967. The quantitative estimate of drug-likeness (QED) is 0.190. The van der Waals surface area contributed by atoms with Gasteiger partial charge >= 0.3 is 0 Å². The Morgan fingerprint density at radius 2 is 1.72 bits per heavy atom. The highest BCUT2D eigenvalue weighted by Gasteiger charge is 2.60. The summed E-state index contributed by atoms with van der Waals surface area (Å²) in [5, 5.41) is 3.05. The van der Waals surface area contributed by atoms with Crippen LogP contribution in [0, 0.1) is 46.3 Å². The molecule has 0 aliphatic heterocycles. The zero-order chi connectivity index (χ0) is 28.6. The third kappa shape index (κ3) is 6.40. The van der Waals surface area contributed by atoms with E-state index in [1.165, 1.54) is 78.1 Å². The number of carbonyl (C=O) groups is 1. The predicted octanol–water partition coefficient (Wildman–Crippen LogP) is 6.73. The first kappa shape index (κ1) is 31.3. The van der Waals surface area contributed by atoms with Crippen LogP contribution in [0.2, 0.25) is 0 Å². The molecule has 0 aromatic heterocycles. The van der Waals surface area contributed by atoms with Crippen molar-refractivity contribution in [3.63, 3.8) is 0 Å². The second-order valence-electron chi connectivity index (χ2n) is 15.3. The van der Waals surface area contributed by atoms with Crippen LogP contribution in [0.4, 0.5) is 0 Å². The first-order valence-corrected chi connectivity index (χ1v) is 17.6. The van der Waals surface area contributed by atoms with Gasteiger partial charge < -0.3 is 11.1 Å². The minimum absolute atomic E-state index is 0.112. The molecule has 0 aromatic carbocycles. The van der Waals surface area contributed by atoms with E-state index in [0.29, 0.717) is 42.6 Å². The Morgan fingerprint density at radius 3 is 2.44 bits per heavy atom. The molecule has 0 saturated heterocycles. The van der Waals surface area contributed by atoms with Crippen LogP contribution in [0.15, 0.2) is 0 Å². The van der Waals surface area contributed by atoms with E-state index in [4.69, 9.17) is 5.73 Å². The summed E-state index contributed by atoms with van der Waals surface area (Å²) in [6.07, 6.45) is 17.4. The number of carbonyl (C=O) groups excluding carboxylic acids is 1. The molecule has 226 valence electrons. The van der Waals surface area contributed by atoms with Gasteiger partial charge in [0.15, 0.2) is 0 Å². The molecule has 4 fully saturated rings. The van der Waals surface area contributed by atoms with E-state index < -0.39 is 14.9 Å². The van der Waals surface area contributed by atoms with Crippen LogP contribution in [-0.2, 0) is 14.9 Å². The van der Waals surface area contributed by atoms with Crippen LogP contribution in [0.3, 0.4) is 0 Å². The summed E-state index contributed by atoms with van der Waals surface area (Å²) in [7, 11) is -4.14. The fourth-order valence-corrected chi connectivity index (χ4v) is 10.8. The number of nitrogens with two attached hydrogens (primary N) is 1. The van der Waals surface area contributed by atoms with Crippen LogP contribution in [0.5, 0.6) is 0 Å². The summed E-state index contributed by atoms with van der Waals surface area (Å²) < 4.78 is 31.1. The minimum Gasteiger partial charge on any atom is -0.356 e. The van der Waals surface area contributed by atoms with Crippen molar-refractivity contribution >= 4 is 16.0 Å². The summed E-state index contributed by atoms with van der Waals surface area (Å²) >= 11 is 0. The molecule has 4 rings (SSSR count). The third-order valence-electron chi connectivity index (χ3n) is 12.7. The molecule has 0 aromatic rings. The molecule has 39 heavy (non-hydrogen) atoms. The van der Waals surface area contributed by atoms with E-state index in [1.807, 2.05) is 0 Å². The Morgan fingerprint density at radius 1 is 1.00 bits per heavy atom. The van der Waals surface area contributed by atoms with Gasteiger partial charge in [0.2, 0.25) is 5.91 Å². The highest BCUT2D eigenvalue weighted by Crippen LogP contribution is 2.68. The number of fused-ring (bicyclic) bond motifs is 5. The molecular weight excluding hydrogens is 508 g/mol. The molecular formula is C32H58N2O4S. The predicted molar refractivity (Wildman–Crippen MR) is 159 cm³/mol. The van der Waals surface area contributed by atoms with Gasteiger partial charge in [0, 0.05) is 19.0 Å². The first-order chi connectivity index (χ1) is 18.2. The molecule has 9 atom stereocenters. The molecule has 0 spiro atoms. The largest absolute Gasteiger partial charge is 0.356 e. The molecule has 0 radical (unpaired) electrons. The standard InChI is InChI=1S/C32H58N2O4S/c1-22(11-16-29(35)34-20-8-10-24(33)21-30(2,3)39(36,37)38)26-14-15-27-25-13-12-23-9-6-7-18-31(23,4)28(25)17-19-32(26,27)5/h22-28H,6-21,33H2,1-5H3,(H,34,35)(H,36,37,38)/t22-,23?,24?,25?,26-,27?,28?,31+,32-/m1/s1. The van der Waals surface area contributed by atoms with Gasteiger partial charge in [0.1, 0.15) is 0 Å². The smallest absolute Gasteiger partial charge is 0.270 e. The Labute approximate surface area is 239 Å². The van der Waals surface area contributed by atoms with Crippen molar-refractivity contribution in [3.05, 3.63) is 0 Å². The van der Waals surface area contributed by atoms with E-state index in [9.17, 15) is 17.8 Å². The fourth-order valence-electron chi connectivity index (χ4n) is 10.3. The Hall–Kier alpha value is -0.660. The zero-order valence-corrected chi connectivity index (χ0v) is 26.3. The number of amides is 1. The Balaban J connectivity index is 1.21. The zero-order valence-electron chi connectivity index (χ0n) is 25.5. The van der Waals surface area contributed by atoms with Gasteiger partial charge in [-0.2, -0.15) is 8.42 Å². The van der Waals surface area contributed by atoms with Gasteiger partial charge in [-0.25, -0.2) is 0 Å². The maximum Gasteiger partial charge on any atom is 0.270 e. The average molecular weight is 567 g/mol. The second-order valence-corrected chi connectivity index (χ2v) is 17.4. The van der Waals surface area contributed by atoms with Crippen LogP contribution < -0.4 is 11.1 Å². The summed E-state index contributed by atoms with van der Waals surface area (Å²) in [6, 6.07) is -0.333. The van der Waals surface area contributed by atoms with Crippen molar-refractivity contribution in [1.82, 2.24) is 5.32 Å². The number of rotatable bonds is 11. The molecule has 5 unspecified atom stereocenters. The van der Waals surface area contributed by atoms with E-state index in [-0.39, 0.29) is 18.4 Å². The molecule has 4 N–H and O–H groups in total. The highest BCUT2D eigenvalue weighted by molar-refractivity contribution is 7.87. The van der Waals surface area contributed by atoms with Gasteiger partial charge in [-0.3, -0.25) is 9.35 Å². The summed E-state index contributed by atoms with van der Waals surface area (Å²) in [5.74, 6) is 5.15. The van der Waals surface area contributed by atoms with Crippen molar-refractivity contribution < 1.29 is 17.8 Å². The normalized spacial score (nSPS) is 38.3. The van der Waals surface area contributed by atoms with Crippen LogP contribution in [0.25, 0.3) is 0 Å². The minimum atomic E-state index is -4.14. The molecule has 4 aliphatic carbocycles. The van der Waals surface area contributed by atoms with Crippen molar-refractivity contribution in [2.24, 2.45) is 52.1 Å². The molecule has 1 amide bonds. The van der Waals surface area contributed by atoms with Crippen LogP contribution in [-0.4, -0.2) is 36.2 Å². The summed E-state index contributed by atoms with van der Waals surface area (Å²) in [6.45, 7) is 11.2. The topological polar surface area (TPSA) is 109 Å². The van der Waals surface area contributed by atoms with Gasteiger partial charge in [-0.1, -0.05) is 33.6 Å². The average Bonchev–Trinajstić information content (AvgIpc) is 3.21. The molecule has 0 bridgehead atoms. The number of hydrogen-bond donors (Lipinski definition) is 3. The maximum absolute atomic E-state index is 12.6. The van der Waals surface area contributed by atoms with E-state index >= 15 is 0 Å². The summed E-state index contributed by atoms with van der Waals surface area (Å²) in [5.41, 5.74) is 7.14. The number of hydrogen-bond acceptors (Lipinski definition) is 4. The van der Waals surface area contributed by atoms with Gasteiger partial charge in [-0.15, -0.1) is 0 Å². The van der Waals surface area contributed by atoms with E-state index in [2.05, 4.69) is 26.1 Å². The lowest BCUT2D eigenvalue weighted by Gasteiger charge is -2.61. The maximum atomic E-state index is 12.6. The van der Waals surface area contributed by atoms with E-state index in [1.54, 1.807) is 0 Å². The summed E-state index contributed by atoms with van der Waals surface area (Å²) in [4.78, 5) is 12.6. The lowest BCUT2D eigenvalue weighted by Crippen LogP contribution is -2.53. The molecule has 0 heterocycles. The molecule has 4 aliphatic rings. The second kappa shape index (κ2) is 11.9. The van der Waals surface area contributed by atoms with Crippen LogP contribution >= 0.6 is 0 Å². The van der Waals surface area contributed by atoms with Crippen molar-refractivity contribution in [2.75, 3.05) is 6.54 Å². The lowest BCUT2D eigenvalue weighted by atomic mass is 9.44. The first-order valence-electron chi connectivity index (χ1n) is 16.2. The third-order valence-corrected chi connectivity index (χ3v) is 14.3. The van der Waals surface area contributed by atoms with E-state index in [0.717, 1.165) is 36.0 Å².